The molecule has 1 aliphatic carbocycles. The van der Waals surface area contributed by atoms with E-state index >= 15 is 0 Å². The van der Waals surface area contributed by atoms with E-state index in [1.54, 1.807) is 0 Å². The predicted molar refractivity (Wildman–Crippen MR) is 134 cm³/mol. The second-order valence-electron chi connectivity index (χ2n) is 8.27. The second kappa shape index (κ2) is 14.7. The Morgan fingerprint density at radius 2 is 1.65 bits per heavy atom. The molecule has 2 fully saturated rings. The lowest BCUT2D eigenvalue weighted by atomic mass is 9.83. The minimum Gasteiger partial charge on any atom is -0.342 e. The van der Waals surface area contributed by atoms with Gasteiger partial charge in [-0.05, 0) is 49.8 Å². The minimum absolute atomic E-state index is 0.0669. The van der Waals surface area contributed by atoms with Gasteiger partial charge < -0.3 is 16.0 Å². The number of nitrogens with zero attached hydrogens (tertiary/aromatic N) is 1. The highest BCUT2D eigenvalue weighted by Gasteiger charge is 2.34. The van der Waals surface area contributed by atoms with Crippen LogP contribution in [0.25, 0.3) is 0 Å². The number of carbonyl (C=O) groups excluding carboxylic acids is 2. The van der Waals surface area contributed by atoms with Crippen molar-refractivity contribution in [3.05, 3.63) is 28.2 Å². The molecule has 34 heavy (non-hydrogen) atoms. The van der Waals surface area contributed by atoms with Gasteiger partial charge in [-0.25, -0.2) is 0 Å². The number of carbonyl (C=O) groups is 2. The van der Waals surface area contributed by atoms with Crippen LogP contribution in [0.15, 0.2) is 22.7 Å². The van der Waals surface area contributed by atoms with E-state index < -0.39 is 11.7 Å². The van der Waals surface area contributed by atoms with E-state index in [0.29, 0.717) is 25.9 Å². The topological polar surface area (TPSA) is 75.4 Å². The van der Waals surface area contributed by atoms with Crippen molar-refractivity contribution in [3.63, 3.8) is 0 Å². The number of hydrogen-bond acceptors (Lipinski definition) is 3. The summed E-state index contributed by atoms with van der Waals surface area (Å²) in [6.07, 6.45) is 0.971. The van der Waals surface area contributed by atoms with E-state index in [-0.39, 0.29) is 46.3 Å². The SMILES string of the molecule is CC.CC.N[C@H]1CCCC[C@@H]1C(=O)N1CCC(CC(=O)Nc2ccc(Br)c(C(F)(F)F)c2)CC1. The van der Waals surface area contributed by atoms with Crippen molar-refractivity contribution in [1.82, 2.24) is 4.90 Å². The van der Waals surface area contributed by atoms with Crippen molar-refractivity contribution in [3.8, 4) is 0 Å². The highest BCUT2D eigenvalue weighted by atomic mass is 79.9. The molecule has 194 valence electrons. The Morgan fingerprint density at radius 3 is 2.21 bits per heavy atom. The third kappa shape index (κ3) is 8.87. The number of likely N-dealkylation sites (tertiary alicyclic amines) is 1. The number of nitrogens with two attached hydrogens (primary N) is 1. The first-order valence-electron chi connectivity index (χ1n) is 12.4. The quantitative estimate of drug-likeness (QED) is 0.443. The van der Waals surface area contributed by atoms with Crippen LogP contribution in [-0.4, -0.2) is 35.8 Å². The standard InChI is InChI=1S/C21H27BrF3N3O2.2C2H6/c22-17-6-5-14(12-16(17)21(23,24)25)27-19(29)11-13-7-9-28(10-8-13)20(30)15-3-1-2-4-18(15)26;2*1-2/h5-6,12-13,15,18H,1-4,7-11,26H2,(H,27,29);2*1-2H3/t15-,18-;;/m0../s1. The van der Waals surface area contributed by atoms with Crippen molar-refractivity contribution in [2.75, 3.05) is 18.4 Å². The first-order chi connectivity index (χ1) is 16.1. The monoisotopic (exact) mass is 549 g/mol. The molecule has 3 N–H and O–H groups in total. The van der Waals surface area contributed by atoms with Gasteiger partial charge in [-0.2, -0.15) is 13.2 Å². The van der Waals surface area contributed by atoms with Crippen LogP contribution in [0, 0.1) is 11.8 Å². The third-order valence-electron chi connectivity index (χ3n) is 6.09. The maximum Gasteiger partial charge on any atom is 0.417 e. The molecule has 1 saturated carbocycles. The molecule has 1 aliphatic heterocycles. The molecular weight excluding hydrogens is 511 g/mol. The molecule has 0 aromatic heterocycles. The summed E-state index contributed by atoms with van der Waals surface area (Å²) < 4.78 is 39.0. The molecule has 0 spiro atoms. The van der Waals surface area contributed by atoms with Crippen molar-refractivity contribution in [1.29, 1.82) is 0 Å². The predicted octanol–water partition coefficient (Wildman–Crippen LogP) is 6.61. The van der Waals surface area contributed by atoms with E-state index in [1.165, 1.54) is 12.1 Å². The Kier molecular flexibility index (Phi) is 13.2. The van der Waals surface area contributed by atoms with Gasteiger partial charge in [0.05, 0.1) is 11.5 Å². The number of amides is 2. The maximum atomic E-state index is 13.0. The van der Waals surface area contributed by atoms with E-state index in [0.717, 1.165) is 31.7 Å². The van der Waals surface area contributed by atoms with Crippen molar-refractivity contribution >= 4 is 33.4 Å². The second-order valence-corrected chi connectivity index (χ2v) is 9.12. The third-order valence-corrected chi connectivity index (χ3v) is 6.78. The summed E-state index contributed by atoms with van der Waals surface area (Å²) >= 11 is 2.89. The Labute approximate surface area is 210 Å². The first kappa shape index (κ1) is 30.4. The van der Waals surface area contributed by atoms with Crippen molar-refractivity contribution in [2.45, 2.75) is 84.9 Å². The largest absolute Gasteiger partial charge is 0.417 e. The number of alkyl halides is 3. The lowest BCUT2D eigenvalue weighted by molar-refractivity contribution is -0.139. The fourth-order valence-electron chi connectivity index (χ4n) is 4.35. The molecule has 9 heteroatoms. The van der Waals surface area contributed by atoms with Gasteiger partial charge in [0, 0.05) is 35.7 Å². The molecule has 0 unspecified atom stereocenters. The Morgan fingerprint density at radius 1 is 1.06 bits per heavy atom. The van der Waals surface area contributed by atoms with Gasteiger partial charge in [0.15, 0.2) is 0 Å². The molecule has 0 radical (unpaired) electrons. The molecule has 2 amide bonds. The summed E-state index contributed by atoms with van der Waals surface area (Å²) in [5.41, 5.74) is 5.42. The number of piperidine rings is 1. The van der Waals surface area contributed by atoms with Gasteiger partial charge in [0.25, 0.3) is 0 Å². The van der Waals surface area contributed by atoms with Gasteiger partial charge in [-0.1, -0.05) is 56.5 Å². The Hall–Kier alpha value is -1.61. The lowest BCUT2D eigenvalue weighted by Crippen LogP contribution is -2.48. The maximum absolute atomic E-state index is 13.0. The van der Waals surface area contributed by atoms with Gasteiger partial charge in [0.2, 0.25) is 11.8 Å². The first-order valence-corrected chi connectivity index (χ1v) is 13.2. The molecule has 0 bridgehead atoms. The van der Waals surface area contributed by atoms with Crippen LogP contribution < -0.4 is 11.1 Å². The van der Waals surface area contributed by atoms with Crippen molar-refractivity contribution < 1.29 is 22.8 Å². The number of hydrogen-bond donors (Lipinski definition) is 2. The van der Waals surface area contributed by atoms with E-state index in [4.69, 9.17) is 5.73 Å². The average molecular weight is 551 g/mol. The number of anilines is 1. The summed E-state index contributed by atoms with van der Waals surface area (Å²) in [7, 11) is 0. The lowest BCUT2D eigenvalue weighted by Gasteiger charge is -2.37. The number of nitrogens with one attached hydrogen (secondary N) is 1. The number of benzene rings is 1. The van der Waals surface area contributed by atoms with Gasteiger partial charge in [-0.3, -0.25) is 9.59 Å². The highest BCUT2D eigenvalue weighted by Crippen LogP contribution is 2.36. The molecule has 3 rings (SSSR count). The zero-order chi connectivity index (χ0) is 25.9. The van der Waals surface area contributed by atoms with Gasteiger partial charge >= 0.3 is 6.18 Å². The molecule has 1 saturated heterocycles. The molecular formula is C25H39BrF3N3O2. The summed E-state index contributed by atoms with van der Waals surface area (Å²) in [5, 5.41) is 2.56. The molecule has 5 nitrogen and oxygen atoms in total. The van der Waals surface area contributed by atoms with Crippen LogP contribution in [0.1, 0.15) is 78.2 Å². The van der Waals surface area contributed by atoms with E-state index in [9.17, 15) is 22.8 Å². The summed E-state index contributed by atoms with van der Waals surface area (Å²) in [4.78, 5) is 26.9. The molecule has 2 aliphatic rings. The minimum atomic E-state index is -4.50. The average Bonchev–Trinajstić information content (AvgIpc) is 2.82. The smallest absolute Gasteiger partial charge is 0.342 e. The van der Waals surface area contributed by atoms with Crippen LogP contribution in [0.4, 0.5) is 18.9 Å². The molecule has 2 atom stereocenters. The number of halogens is 4. The fourth-order valence-corrected chi connectivity index (χ4v) is 4.82. The summed E-state index contributed by atoms with van der Waals surface area (Å²) in [6, 6.07) is 3.57. The van der Waals surface area contributed by atoms with E-state index in [1.807, 2.05) is 32.6 Å². The molecule has 1 heterocycles. The molecule has 1 aromatic rings. The summed E-state index contributed by atoms with van der Waals surface area (Å²) in [5.74, 6) is -0.186. The van der Waals surface area contributed by atoms with Crippen molar-refractivity contribution in [2.24, 2.45) is 17.6 Å². The van der Waals surface area contributed by atoms with Crippen LogP contribution >= 0.6 is 15.9 Å². The normalized spacial score (nSPS) is 20.9. The zero-order valence-electron chi connectivity index (χ0n) is 20.7. The number of rotatable bonds is 4. The highest BCUT2D eigenvalue weighted by molar-refractivity contribution is 9.10. The van der Waals surface area contributed by atoms with Gasteiger partial charge in [0.1, 0.15) is 0 Å². The van der Waals surface area contributed by atoms with Crippen LogP contribution in [-0.2, 0) is 15.8 Å². The zero-order valence-corrected chi connectivity index (χ0v) is 22.3. The summed E-state index contributed by atoms with van der Waals surface area (Å²) in [6.45, 7) is 9.19. The van der Waals surface area contributed by atoms with Crippen LogP contribution in [0.5, 0.6) is 0 Å². The van der Waals surface area contributed by atoms with Gasteiger partial charge in [-0.15, -0.1) is 0 Å². The van der Waals surface area contributed by atoms with E-state index in [2.05, 4.69) is 21.2 Å². The van der Waals surface area contributed by atoms with Crippen LogP contribution in [0.3, 0.4) is 0 Å². The fraction of sp³-hybridized carbons (Fsp3) is 0.680. The Bertz CT molecular complexity index is 781. The van der Waals surface area contributed by atoms with Crippen LogP contribution in [0.2, 0.25) is 0 Å². The Balaban J connectivity index is 0.00000137. The molecule has 1 aromatic carbocycles.